The first kappa shape index (κ1) is 18.5. The lowest BCUT2D eigenvalue weighted by Gasteiger charge is -2.28. The summed E-state index contributed by atoms with van der Waals surface area (Å²) < 4.78 is 5.55. The normalized spacial score (nSPS) is 12.3. The molecule has 2 aromatic heterocycles. The zero-order chi connectivity index (χ0) is 17.2. The zero-order valence-corrected chi connectivity index (χ0v) is 15.1. The highest BCUT2D eigenvalue weighted by atomic mass is 32.2. The van der Waals surface area contributed by atoms with Crippen LogP contribution in [0.1, 0.15) is 31.2 Å². The van der Waals surface area contributed by atoms with Gasteiger partial charge in [0.05, 0.1) is 18.1 Å². The van der Waals surface area contributed by atoms with Crippen LogP contribution in [0.2, 0.25) is 0 Å². The highest BCUT2D eigenvalue weighted by Crippen LogP contribution is 2.20. The number of hydrogen-bond donors (Lipinski definition) is 1. The Labute approximate surface area is 147 Å². The molecule has 0 aromatic carbocycles. The Bertz CT molecular complexity index is 586. The molecule has 5 nitrogen and oxygen atoms in total. The molecule has 0 saturated heterocycles. The molecule has 0 saturated carbocycles. The number of hydrogen-bond acceptors (Lipinski definition) is 5. The summed E-state index contributed by atoms with van der Waals surface area (Å²) in [5, 5.41) is 3.03. The molecule has 2 heterocycles. The van der Waals surface area contributed by atoms with Crippen LogP contribution in [0.15, 0.2) is 47.3 Å². The molecule has 1 atom stereocenters. The summed E-state index contributed by atoms with van der Waals surface area (Å²) in [5.41, 5.74) is 1.18. The third-order valence-corrected chi connectivity index (χ3v) is 4.87. The van der Waals surface area contributed by atoms with Crippen LogP contribution in [0.3, 0.4) is 0 Å². The number of nitrogens with zero attached hydrogens (tertiary/aromatic N) is 2. The fourth-order valence-electron chi connectivity index (χ4n) is 2.56. The standard InChI is InChI=1S/C18H25N3O2S/c1-3-21(4-2)16(17-6-5-11-23-17)12-20-18(22)14-24-13-15-7-9-19-10-8-15/h5-11,16H,3-4,12-14H2,1-2H3,(H,20,22). The second-order valence-electron chi connectivity index (χ2n) is 5.40. The second kappa shape index (κ2) is 10.2. The van der Waals surface area contributed by atoms with Gasteiger partial charge in [0.2, 0.25) is 5.91 Å². The summed E-state index contributed by atoms with van der Waals surface area (Å²) in [7, 11) is 0. The smallest absolute Gasteiger partial charge is 0.230 e. The van der Waals surface area contributed by atoms with Crippen LogP contribution in [-0.2, 0) is 10.5 Å². The first-order valence-corrected chi connectivity index (χ1v) is 9.40. The molecule has 1 unspecified atom stereocenters. The molecule has 24 heavy (non-hydrogen) atoms. The monoisotopic (exact) mass is 347 g/mol. The van der Waals surface area contributed by atoms with Crippen LogP contribution in [0.25, 0.3) is 0 Å². The van der Waals surface area contributed by atoms with Crippen molar-refractivity contribution < 1.29 is 9.21 Å². The van der Waals surface area contributed by atoms with Crippen molar-refractivity contribution in [2.45, 2.75) is 25.6 Å². The van der Waals surface area contributed by atoms with Gasteiger partial charge < -0.3 is 9.73 Å². The Balaban J connectivity index is 1.79. The number of amides is 1. The van der Waals surface area contributed by atoms with Crippen LogP contribution in [0.4, 0.5) is 0 Å². The van der Waals surface area contributed by atoms with E-state index in [0.717, 1.165) is 24.6 Å². The van der Waals surface area contributed by atoms with E-state index in [4.69, 9.17) is 4.42 Å². The Hall–Kier alpha value is -1.79. The molecule has 0 radical (unpaired) electrons. The maximum atomic E-state index is 12.1. The number of aromatic nitrogens is 1. The van der Waals surface area contributed by atoms with Gasteiger partial charge in [-0.05, 0) is 42.9 Å². The average molecular weight is 347 g/mol. The van der Waals surface area contributed by atoms with Gasteiger partial charge >= 0.3 is 0 Å². The van der Waals surface area contributed by atoms with Crippen molar-refractivity contribution in [3.63, 3.8) is 0 Å². The highest BCUT2D eigenvalue weighted by Gasteiger charge is 2.21. The van der Waals surface area contributed by atoms with Gasteiger partial charge in [-0.1, -0.05) is 13.8 Å². The van der Waals surface area contributed by atoms with Crippen molar-refractivity contribution in [3.8, 4) is 0 Å². The van der Waals surface area contributed by atoms with Crippen LogP contribution in [0.5, 0.6) is 0 Å². The summed E-state index contributed by atoms with van der Waals surface area (Å²) in [4.78, 5) is 18.4. The van der Waals surface area contributed by atoms with Gasteiger partial charge in [0, 0.05) is 24.7 Å². The van der Waals surface area contributed by atoms with Crippen LogP contribution >= 0.6 is 11.8 Å². The molecule has 2 aromatic rings. The van der Waals surface area contributed by atoms with E-state index in [1.54, 1.807) is 30.4 Å². The highest BCUT2D eigenvalue weighted by molar-refractivity contribution is 7.99. The number of pyridine rings is 1. The van der Waals surface area contributed by atoms with Gasteiger partial charge in [-0.3, -0.25) is 14.7 Å². The van der Waals surface area contributed by atoms with E-state index in [1.165, 1.54) is 5.56 Å². The van der Waals surface area contributed by atoms with E-state index in [0.29, 0.717) is 12.3 Å². The number of carbonyl (C=O) groups is 1. The predicted molar refractivity (Wildman–Crippen MR) is 97.8 cm³/mol. The summed E-state index contributed by atoms with van der Waals surface area (Å²) >= 11 is 1.61. The lowest BCUT2D eigenvalue weighted by Crippen LogP contribution is -2.38. The number of likely N-dealkylation sites (N-methyl/N-ethyl adjacent to an activating group) is 1. The lowest BCUT2D eigenvalue weighted by molar-refractivity contribution is -0.118. The number of carbonyl (C=O) groups excluding carboxylic acids is 1. The largest absolute Gasteiger partial charge is 0.468 e. The fraction of sp³-hybridized carbons (Fsp3) is 0.444. The van der Waals surface area contributed by atoms with Gasteiger partial charge in [-0.15, -0.1) is 11.8 Å². The second-order valence-corrected chi connectivity index (χ2v) is 6.39. The summed E-state index contributed by atoms with van der Waals surface area (Å²) in [5.74, 6) is 2.21. The Morgan fingerprint density at radius 1 is 1.29 bits per heavy atom. The predicted octanol–water partition coefficient (Wildman–Crippen LogP) is 3.11. The van der Waals surface area contributed by atoms with Crippen molar-refractivity contribution in [1.82, 2.24) is 15.2 Å². The Morgan fingerprint density at radius 3 is 2.67 bits per heavy atom. The van der Waals surface area contributed by atoms with Crippen molar-refractivity contribution in [2.75, 3.05) is 25.4 Å². The van der Waals surface area contributed by atoms with Crippen LogP contribution in [-0.4, -0.2) is 41.2 Å². The van der Waals surface area contributed by atoms with E-state index in [1.807, 2.05) is 24.3 Å². The molecule has 2 rings (SSSR count). The lowest BCUT2D eigenvalue weighted by atomic mass is 10.2. The van der Waals surface area contributed by atoms with Gasteiger partial charge in [0.25, 0.3) is 0 Å². The van der Waals surface area contributed by atoms with Gasteiger partial charge in [-0.2, -0.15) is 0 Å². The summed E-state index contributed by atoms with van der Waals surface area (Å²) in [6, 6.07) is 7.87. The van der Waals surface area contributed by atoms with E-state index in [2.05, 4.69) is 29.0 Å². The molecule has 0 spiro atoms. The minimum atomic E-state index is 0.0535. The quantitative estimate of drug-likeness (QED) is 0.716. The summed E-state index contributed by atoms with van der Waals surface area (Å²) in [6.45, 7) is 6.62. The first-order chi connectivity index (χ1) is 11.7. The third kappa shape index (κ3) is 5.69. The third-order valence-electron chi connectivity index (χ3n) is 3.87. The van der Waals surface area contributed by atoms with E-state index in [9.17, 15) is 4.79 Å². The maximum absolute atomic E-state index is 12.1. The number of nitrogens with one attached hydrogen (secondary N) is 1. The molecule has 0 bridgehead atoms. The van der Waals surface area contributed by atoms with E-state index in [-0.39, 0.29) is 11.9 Å². The van der Waals surface area contributed by atoms with Crippen molar-refractivity contribution in [3.05, 3.63) is 54.2 Å². The van der Waals surface area contributed by atoms with Crippen LogP contribution in [0, 0.1) is 0 Å². The van der Waals surface area contributed by atoms with Crippen molar-refractivity contribution >= 4 is 17.7 Å². The van der Waals surface area contributed by atoms with Crippen molar-refractivity contribution in [2.24, 2.45) is 0 Å². The van der Waals surface area contributed by atoms with Crippen molar-refractivity contribution in [1.29, 1.82) is 0 Å². The number of thioether (sulfide) groups is 1. The topological polar surface area (TPSA) is 58.4 Å². The maximum Gasteiger partial charge on any atom is 0.230 e. The molecule has 1 amide bonds. The molecule has 6 heteroatoms. The number of furan rings is 1. The fourth-order valence-corrected chi connectivity index (χ4v) is 3.37. The molecule has 0 aliphatic rings. The number of rotatable bonds is 10. The molecule has 0 fully saturated rings. The minimum Gasteiger partial charge on any atom is -0.468 e. The van der Waals surface area contributed by atoms with Gasteiger partial charge in [0.1, 0.15) is 5.76 Å². The average Bonchev–Trinajstić information content (AvgIpc) is 3.14. The molecular weight excluding hydrogens is 322 g/mol. The van der Waals surface area contributed by atoms with Gasteiger partial charge in [-0.25, -0.2) is 0 Å². The van der Waals surface area contributed by atoms with E-state index < -0.39 is 0 Å². The molecule has 1 N–H and O–H groups in total. The van der Waals surface area contributed by atoms with Crippen LogP contribution < -0.4 is 5.32 Å². The zero-order valence-electron chi connectivity index (χ0n) is 14.3. The molecule has 0 aliphatic heterocycles. The Kier molecular flexibility index (Phi) is 7.85. The SMILES string of the molecule is CCN(CC)C(CNC(=O)CSCc1ccncc1)c1ccco1. The molecule has 130 valence electrons. The van der Waals surface area contributed by atoms with E-state index >= 15 is 0 Å². The molecule has 0 aliphatic carbocycles. The minimum absolute atomic E-state index is 0.0535. The summed E-state index contributed by atoms with van der Waals surface area (Å²) in [6.07, 6.45) is 5.22. The van der Waals surface area contributed by atoms with Gasteiger partial charge in [0.15, 0.2) is 0 Å². The molecular formula is C18H25N3O2S. The first-order valence-electron chi connectivity index (χ1n) is 8.25. The Morgan fingerprint density at radius 2 is 2.04 bits per heavy atom.